The highest BCUT2D eigenvalue weighted by atomic mass is 16.3. The van der Waals surface area contributed by atoms with Crippen LogP contribution in [0, 0.1) is 0 Å². The van der Waals surface area contributed by atoms with Crippen LogP contribution in [-0.2, 0) is 0 Å². The van der Waals surface area contributed by atoms with Gasteiger partial charge < -0.3 is 16.2 Å². The van der Waals surface area contributed by atoms with Crippen molar-refractivity contribution in [1.29, 1.82) is 0 Å². The molecule has 0 fully saturated rings. The summed E-state index contributed by atoms with van der Waals surface area (Å²) in [5, 5.41) is 11.7. The van der Waals surface area contributed by atoms with E-state index in [1.807, 2.05) is 37.3 Å². The van der Waals surface area contributed by atoms with Gasteiger partial charge in [0.1, 0.15) is 0 Å². The minimum atomic E-state index is 0.128. The van der Waals surface area contributed by atoms with Crippen LogP contribution in [0.25, 0.3) is 6.08 Å². The number of benzene rings is 1. The molecule has 0 aliphatic carbocycles. The second kappa shape index (κ2) is 5.29. The van der Waals surface area contributed by atoms with Gasteiger partial charge in [0.25, 0.3) is 0 Å². The van der Waals surface area contributed by atoms with E-state index in [2.05, 4.69) is 5.32 Å². The lowest BCUT2D eigenvalue weighted by atomic mass is 10.1. The van der Waals surface area contributed by atoms with E-state index in [9.17, 15) is 0 Å². The quantitative estimate of drug-likeness (QED) is 0.636. The molecule has 0 aliphatic heterocycles. The Morgan fingerprint density at radius 2 is 2.29 bits per heavy atom. The maximum atomic E-state index is 8.65. The lowest BCUT2D eigenvalue weighted by molar-refractivity contribution is 0.311. The molecule has 0 spiro atoms. The summed E-state index contributed by atoms with van der Waals surface area (Å²) in [5.41, 5.74) is 8.51. The van der Waals surface area contributed by atoms with Crippen molar-refractivity contribution in [2.75, 3.05) is 24.2 Å². The summed E-state index contributed by atoms with van der Waals surface area (Å²) < 4.78 is 0. The normalized spacial score (nSPS) is 10.7. The van der Waals surface area contributed by atoms with Crippen molar-refractivity contribution in [2.45, 2.75) is 6.92 Å². The Morgan fingerprint density at radius 1 is 1.50 bits per heavy atom. The van der Waals surface area contributed by atoms with E-state index in [4.69, 9.17) is 10.8 Å². The number of nitrogens with one attached hydrogen (secondary N) is 1. The van der Waals surface area contributed by atoms with Crippen molar-refractivity contribution < 1.29 is 5.11 Å². The third kappa shape index (κ3) is 2.78. The number of hydrogen-bond donors (Lipinski definition) is 3. The molecule has 0 bridgehead atoms. The topological polar surface area (TPSA) is 58.3 Å². The number of anilines is 2. The van der Waals surface area contributed by atoms with E-state index in [0.29, 0.717) is 6.54 Å². The van der Waals surface area contributed by atoms with E-state index in [-0.39, 0.29) is 6.61 Å². The molecule has 1 rings (SSSR count). The zero-order valence-electron chi connectivity index (χ0n) is 8.33. The first-order valence-electron chi connectivity index (χ1n) is 4.65. The van der Waals surface area contributed by atoms with E-state index in [0.717, 1.165) is 16.9 Å². The summed E-state index contributed by atoms with van der Waals surface area (Å²) in [4.78, 5) is 0. The summed E-state index contributed by atoms with van der Waals surface area (Å²) in [6.07, 6.45) is 3.90. The van der Waals surface area contributed by atoms with Crippen LogP contribution in [-0.4, -0.2) is 18.3 Å². The van der Waals surface area contributed by atoms with Gasteiger partial charge in [0, 0.05) is 17.9 Å². The van der Waals surface area contributed by atoms with Crippen molar-refractivity contribution in [2.24, 2.45) is 0 Å². The average Bonchev–Trinajstić information content (AvgIpc) is 2.19. The Bertz CT molecular complexity index is 321. The summed E-state index contributed by atoms with van der Waals surface area (Å²) >= 11 is 0. The molecule has 3 nitrogen and oxygen atoms in total. The van der Waals surface area contributed by atoms with Gasteiger partial charge in [0.05, 0.1) is 6.61 Å². The maximum Gasteiger partial charge on any atom is 0.0604 e. The first-order valence-corrected chi connectivity index (χ1v) is 4.65. The molecule has 0 aliphatic rings. The van der Waals surface area contributed by atoms with Crippen LogP contribution in [0.3, 0.4) is 0 Å². The molecule has 76 valence electrons. The fraction of sp³-hybridized carbons (Fsp3) is 0.273. The van der Waals surface area contributed by atoms with Gasteiger partial charge in [-0.2, -0.15) is 0 Å². The molecular weight excluding hydrogens is 176 g/mol. The van der Waals surface area contributed by atoms with Crippen LogP contribution >= 0.6 is 0 Å². The number of allylic oxidation sites excluding steroid dienone is 1. The summed E-state index contributed by atoms with van der Waals surface area (Å²) in [7, 11) is 0. The Hall–Kier alpha value is -1.48. The largest absolute Gasteiger partial charge is 0.398 e. The lowest BCUT2D eigenvalue weighted by Gasteiger charge is -2.07. The molecule has 0 heterocycles. The van der Waals surface area contributed by atoms with E-state index in [1.54, 1.807) is 0 Å². The predicted molar refractivity (Wildman–Crippen MR) is 61.1 cm³/mol. The molecule has 0 amide bonds. The van der Waals surface area contributed by atoms with Gasteiger partial charge in [-0.15, -0.1) is 0 Å². The molecule has 0 aromatic heterocycles. The van der Waals surface area contributed by atoms with Crippen molar-refractivity contribution in [3.8, 4) is 0 Å². The van der Waals surface area contributed by atoms with E-state index >= 15 is 0 Å². The highest BCUT2D eigenvalue weighted by Gasteiger charge is 1.96. The fourth-order valence-electron chi connectivity index (χ4n) is 1.21. The van der Waals surface area contributed by atoms with Gasteiger partial charge in [0.15, 0.2) is 0 Å². The molecule has 0 unspecified atom stereocenters. The molecule has 3 heteroatoms. The van der Waals surface area contributed by atoms with Crippen LogP contribution < -0.4 is 11.1 Å². The number of rotatable bonds is 4. The van der Waals surface area contributed by atoms with Gasteiger partial charge in [-0.05, 0) is 30.7 Å². The number of hydrogen-bond acceptors (Lipinski definition) is 3. The Balaban J connectivity index is 2.83. The molecule has 1 aromatic carbocycles. The number of aliphatic hydroxyl groups excluding tert-OH is 1. The van der Waals surface area contributed by atoms with Crippen molar-refractivity contribution in [1.82, 2.24) is 0 Å². The monoisotopic (exact) mass is 192 g/mol. The van der Waals surface area contributed by atoms with E-state index in [1.165, 1.54) is 0 Å². The smallest absolute Gasteiger partial charge is 0.0604 e. The van der Waals surface area contributed by atoms with Crippen molar-refractivity contribution >= 4 is 17.5 Å². The number of aliphatic hydroxyl groups is 1. The van der Waals surface area contributed by atoms with Gasteiger partial charge in [-0.1, -0.05) is 12.2 Å². The molecule has 0 saturated heterocycles. The van der Waals surface area contributed by atoms with Crippen molar-refractivity contribution in [3.63, 3.8) is 0 Å². The second-order valence-corrected chi connectivity index (χ2v) is 2.99. The molecule has 0 radical (unpaired) electrons. The summed E-state index contributed by atoms with van der Waals surface area (Å²) in [6, 6.07) is 5.72. The number of nitrogens with two attached hydrogens (primary N) is 1. The molecule has 14 heavy (non-hydrogen) atoms. The lowest BCUT2D eigenvalue weighted by Crippen LogP contribution is -2.05. The minimum Gasteiger partial charge on any atom is -0.398 e. The highest BCUT2D eigenvalue weighted by Crippen LogP contribution is 2.18. The van der Waals surface area contributed by atoms with Crippen LogP contribution in [0.5, 0.6) is 0 Å². The standard InChI is InChI=1S/C11H16N2O/c1-2-3-9-8-10(13-6-7-14)4-5-11(9)12/h2-5,8,13-14H,6-7,12H2,1H3. The predicted octanol–water partition coefficient (Wildman–Crippen LogP) is 1.71. The first kappa shape index (κ1) is 10.6. The van der Waals surface area contributed by atoms with Crippen LogP contribution in [0.1, 0.15) is 12.5 Å². The molecule has 0 atom stereocenters. The van der Waals surface area contributed by atoms with Gasteiger partial charge >= 0.3 is 0 Å². The molecule has 1 aromatic rings. The van der Waals surface area contributed by atoms with Crippen LogP contribution in [0.15, 0.2) is 24.3 Å². The van der Waals surface area contributed by atoms with Crippen molar-refractivity contribution in [3.05, 3.63) is 29.8 Å². The Morgan fingerprint density at radius 3 is 2.93 bits per heavy atom. The Labute approximate surface area is 84.3 Å². The molecule has 4 N–H and O–H groups in total. The summed E-state index contributed by atoms with van der Waals surface area (Å²) in [6.45, 7) is 2.63. The third-order valence-corrected chi connectivity index (χ3v) is 1.87. The third-order valence-electron chi connectivity index (χ3n) is 1.87. The first-order chi connectivity index (χ1) is 6.77. The maximum absolute atomic E-state index is 8.65. The zero-order chi connectivity index (χ0) is 10.4. The molecular formula is C11H16N2O. The Kier molecular flexibility index (Phi) is 4.01. The zero-order valence-corrected chi connectivity index (χ0v) is 8.33. The van der Waals surface area contributed by atoms with Gasteiger partial charge in [-0.3, -0.25) is 0 Å². The number of nitrogen functional groups attached to an aromatic ring is 1. The minimum absolute atomic E-state index is 0.128. The summed E-state index contributed by atoms with van der Waals surface area (Å²) in [5.74, 6) is 0. The molecule has 0 saturated carbocycles. The van der Waals surface area contributed by atoms with Gasteiger partial charge in [0.2, 0.25) is 0 Å². The average molecular weight is 192 g/mol. The highest BCUT2D eigenvalue weighted by molar-refractivity contribution is 5.69. The van der Waals surface area contributed by atoms with Gasteiger partial charge in [-0.25, -0.2) is 0 Å². The fourth-order valence-corrected chi connectivity index (χ4v) is 1.21. The second-order valence-electron chi connectivity index (χ2n) is 2.99. The van der Waals surface area contributed by atoms with Crippen LogP contribution in [0.4, 0.5) is 11.4 Å². The van der Waals surface area contributed by atoms with E-state index < -0.39 is 0 Å². The van der Waals surface area contributed by atoms with Crippen LogP contribution in [0.2, 0.25) is 0 Å². The SMILES string of the molecule is CC=Cc1cc(NCCO)ccc1N.